The van der Waals surface area contributed by atoms with Crippen molar-refractivity contribution in [2.75, 3.05) is 26.8 Å². The van der Waals surface area contributed by atoms with E-state index in [9.17, 15) is 23.1 Å². The van der Waals surface area contributed by atoms with Crippen molar-refractivity contribution in [3.63, 3.8) is 0 Å². The van der Waals surface area contributed by atoms with Gasteiger partial charge in [0.05, 0.1) is 4.90 Å². The molecule has 0 saturated carbocycles. The van der Waals surface area contributed by atoms with Crippen LogP contribution in [0.25, 0.3) is 0 Å². The number of carbonyl (C=O) groups is 2. The molecule has 1 rings (SSSR count). The minimum atomic E-state index is -3.73. The molecule has 1 unspecified atom stereocenters. The fraction of sp³-hybridized carbons (Fsp3) is 0.529. The highest BCUT2D eigenvalue weighted by atomic mass is 32.2. The van der Waals surface area contributed by atoms with Gasteiger partial charge in [0, 0.05) is 38.8 Å². The Hall–Kier alpha value is -1.97. The summed E-state index contributed by atoms with van der Waals surface area (Å²) in [5, 5.41) is 11.6. The van der Waals surface area contributed by atoms with Crippen LogP contribution >= 0.6 is 0 Å². The molecule has 0 bridgehead atoms. The molecule has 0 aliphatic carbocycles. The van der Waals surface area contributed by atoms with E-state index < -0.39 is 27.9 Å². The summed E-state index contributed by atoms with van der Waals surface area (Å²) < 4.78 is 31.6. The summed E-state index contributed by atoms with van der Waals surface area (Å²) in [4.78, 5) is 23.7. The van der Waals surface area contributed by atoms with Crippen LogP contribution in [0.4, 0.5) is 0 Å². The summed E-state index contributed by atoms with van der Waals surface area (Å²) >= 11 is 0. The van der Waals surface area contributed by atoms with Crippen molar-refractivity contribution in [1.82, 2.24) is 9.62 Å². The van der Waals surface area contributed by atoms with Gasteiger partial charge < -0.3 is 15.2 Å². The number of hydrogen-bond donors (Lipinski definition) is 2. The van der Waals surface area contributed by atoms with Crippen molar-refractivity contribution in [1.29, 1.82) is 0 Å². The van der Waals surface area contributed by atoms with E-state index in [2.05, 4.69) is 5.32 Å². The summed E-state index contributed by atoms with van der Waals surface area (Å²) in [6.45, 7) is 5.92. The summed E-state index contributed by atoms with van der Waals surface area (Å²) in [7, 11) is -2.29. The Labute approximate surface area is 154 Å². The van der Waals surface area contributed by atoms with Crippen LogP contribution in [0.5, 0.6) is 0 Å². The van der Waals surface area contributed by atoms with Crippen LogP contribution in [0, 0.1) is 6.92 Å². The molecule has 0 spiro atoms. The fourth-order valence-corrected chi connectivity index (χ4v) is 4.17. The number of rotatable bonds is 10. The summed E-state index contributed by atoms with van der Waals surface area (Å²) in [5.74, 6) is -1.83. The normalized spacial score (nSPS) is 12.8. The molecule has 1 amide bonds. The molecule has 8 nitrogen and oxygen atoms in total. The van der Waals surface area contributed by atoms with Gasteiger partial charge in [0.25, 0.3) is 5.91 Å². The van der Waals surface area contributed by atoms with E-state index >= 15 is 0 Å². The van der Waals surface area contributed by atoms with Gasteiger partial charge in [-0.1, -0.05) is 19.9 Å². The molecule has 1 atom stereocenters. The lowest BCUT2D eigenvalue weighted by molar-refractivity contribution is -0.139. The van der Waals surface area contributed by atoms with Gasteiger partial charge in [-0.2, -0.15) is 4.31 Å². The molecule has 0 aromatic heterocycles. The minimum Gasteiger partial charge on any atom is -0.480 e. The molecule has 146 valence electrons. The fourth-order valence-electron chi connectivity index (χ4n) is 2.46. The Bertz CT molecular complexity index is 744. The number of sulfonamides is 1. The Morgan fingerprint density at radius 1 is 1.27 bits per heavy atom. The third-order valence-corrected chi connectivity index (χ3v) is 6.18. The lowest BCUT2D eigenvalue weighted by Gasteiger charge is -2.20. The van der Waals surface area contributed by atoms with E-state index in [-0.39, 0.29) is 23.5 Å². The van der Waals surface area contributed by atoms with E-state index in [1.807, 2.05) is 0 Å². The maximum absolute atomic E-state index is 12.7. The molecule has 0 heterocycles. The number of carboxylic acids is 1. The molecule has 2 N–H and O–H groups in total. The lowest BCUT2D eigenvalue weighted by Crippen LogP contribution is -2.41. The average molecular weight is 386 g/mol. The summed E-state index contributed by atoms with van der Waals surface area (Å²) in [6, 6.07) is 3.18. The van der Waals surface area contributed by atoms with Gasteiger partial charge in [0.1, 0.15) is 6.04 Å². The molecule has 1 aromatic carbocycles. The van der Waals surface area contributed by atoms with Crippen molar-refractivity contribution in [2.45, 2.75) is 38.1 Å². The molecule has 0 saturated heterocycles. The number of carbonyl (C=O) groups excluding carboxylic acids is 1. The van der Waals surface area contributed by atoms with Crippen molar-refractivity contribution in [3.8, 4) is 0 Å². The smallest absolute Gasteiger partial charge is 0.326 e. The van der Waals surface area contributed by atoms with Gasteiger partial charge in [-0.05, 0) is 24.6 Å². The number of aryl methyl sites for hydroxylation is 1. The second kappa shape index (κ2) is 9.65. The van der Waals surface area contributed by atoms with Crippen LogP contribution in [0.15, 0.2) is 23.1 Å². The Morgan fingerprint density at radius 2 is 1.88 bits per heavy atom. The highest BCUT2D eigenvalue weighted by Crippen LogP contribution is 2.21. The van der Waals surface area contributed by atoms with Crippen LogP contribution < -0.4 is 5.32 Å². The zero-order valence-corrected chi connectivity index (χ0v) is 16.3. The van der Waals surface area contributed by atoms with Crippen molar-refractivity contribution in [3.05, 3.63) is 29.3 Å². The highest BCUT2D eigenvalue weighted by molar-refractivity contribution is 7.89. The monoisotopic (exact) mass is 386 g/mol. The van der Waals surface area contributed by atoms with Crippen LogP contribution in [0.2, 0.25) is 0 Å². The van der Waals surface area contributed by atoms with Crippen LogP contribution in [0.1, 0.15) is 36.2 Å². The molecule has 0 aliphatic rings. The number of carboxylic acid groups (broad SMARTS) is 1. The zero-order chi connectivity index (χ0) is 19.9. The van der Waals surface area contributed by atoms with Crippen LogP contribution in [0.3, 0.4) is 0 Å². The first kappa shape index (κ1) is 22.1. The first-order valence-corrected chi connectivity index (χ1v) is 9.76. The van der Waals surface area contributed by atoms with Crippen molar-refractivity contribution >= 4 is 21.9 Å². The number of amides is 1. The predicted molar refractivity (Wildman–Crippen MR) is 96.7 cm³/mol. The van der Waals surface area contributed by atoms with Crippen molar-refractivity contribution < 1.29 is 27.9 Å². The molecule has 0 fully saturated rings. The van der Waals surface area contributed by atoms with Gasteiger partial charge in [0.15, 0.2) is 0 Å². The maximum Gasteiger partial charge on any atom is 0.326 e. The minimum absolute atomic E-state index is 0.0395. The maximum atomic E-state index is 12.7. The predicted octanol–water partition coefficient (Wildman–Crippen LogP) is 1.25. The van der Waals surface area contributed by atoms with E-state index in [4.69, 9.17) is 4.74 Å². The number of methoxy groups -OCH3 is 1. The third-order valence-electron chi connectivity index (χ3n) is 3.99. The topological polar surface area (TPSA) is 113 Å². The number of ether oxygens (including phenoxy) is 1. The standard InChI is InChI=1S/C17H26N2O6S/c1-5-19(6-2)26(23,24)15-11-13(8-7-12(15)3)16(20)18-14(17(21)22)9-10-25-4/h7-8,11,14H,5-6,9-10H2,1-4H3,(H,18,20)(H,21,22). The third kappa shape index (κ3) is 5.26. The average Bonchev–Trinajstić information content (AvgIpc) is 2.59. The second-order valence-corrected chi connectivity index (χ2v) is 7.62. The summed E-state index contributed by atoms with van der Waals surface area (Å²) in [6.07, 6.45) is 0.105. The van der Waals surface area contributed by atoms with Gasteiger partial charge in [-0.3, -0.25) is 4.79 Å². The van der Waals surface area contributed by atoms with Crippen LogP contribution in [-0.2, 0) is 19.6 Å². The second-order valence-electron chi connectivity index (χ2n) is 5.72. The van der Waals surface area contributed by atoms with E-state index in [0.29, 0.717) is 18.7 Å². The molecule has 1 aromatic rings. The number of nitrogens with zero attached hydrogens (tertiary/aromatic N) is 1. The molecule has 0 aliphatic heterocycles. The van der Waals surface area contributed by atoms with Crippen LogP contribution in [-0.4, -0.2) is 62.6 Å². The highest BCUT2D eigenvalue weighted by Gasteiger charge is 2.26. The van der Waals surface area contributed by atoms with Crippen molar-refractivity contribution in [2.24, 2.45) is 0 Å². The zero-order valence-electron chi connectivity index (χ0n) is 15.5. The Kier molecular flexibility index (Phi) is 8.19. The number of nitrogens with one attached hydrogen (secondary N) is 1. The van der Waals surface area contributed by atoms with Gasteiger partial charge in [-0.25, -0.2) is 13.2 Å². The Morgan fingerprint density at radius 3 is 2.38 bits per heavy atom. The van der Waals surface area contributed by atoms with Gasteiger partial charge in [0.2, 0.25) is 10.0 Å². The number of benzene rings is 1. The van der Waals surface area contributed by atoms with E-state index in [0.717, 1.165) is 0 Å². The first-order valence-electron chi connectivity index (χ1n) is 8.32. The largest absolute Gasteiger partial charge is 0.480 e. The Balaban J connectivity index is 3.16. The lowest BCUT2D eigenvalue weighted by atomic mass is 10.1. The van der Waals surface area contributed by atoms with E-state index in [1.165, 1.54) is 29.6 Å². The number of hydrogen-bond acceptors (Lipinski definition) is 5. The first-order chi connectivity index (χ1) is 12.2. The van der Waals surface area contributed by atoms with Gasteiger partial charge >= 0.3 is 5.97 Å². The molecule has 26 heavy (non-hydrogen) atoms. The molecule has 0 radical (unpaired) electrons. The quantitative estimate of drug-likeness (QED) is 0.626. The molecule has 9 heteroatoms. The van der Waals surface area contributed by atoms with E-state index in [1.54, 1.807) is 20.8 Å². The summed E-state index contributed by atoms with van der Waals surface area (Å²) in [5.41, 5.74) is 0.604. The SMILES string of the molecule is CCN(CC)S(=O)(=O)c1cc(C(=O)NC(CCOC)C(=O)O)ccc1C. The molecular weight excluding hydrogens is 360 g/mol. The molecular formula is C17H26N2O6S. The number of aliphatic carboxylic acids is 1. The van der Waals surface area contributed by atoms with Gasteiger partial charge in [-0.15, -0.1) is 0 Å².